The molecule has 1 saturated heterocycles. The van der Waals surface area contributed by atoms with Crippen LogP contribution in [0.1, 0.15) is 47.1 Å². The van der Waals surface area contributed by atoms with Crippen LogP contribution in [0.3, 0.4) is 0 Å². The Balaban J connectivity index is 1.87. The third-order valence-electron chi connectivity index (χ3n) is 3.61. The zero-order valence-electron chi connectivity index (χ0n) is 12.7. The van der Waals surface area contributed by atoms with Crippen molar-refractivity contribution in [3.63, 3.8) is 0 Å². The lowest BCUT2D eigenvalue weighted by Crippen LogP contribution is -2.26. The summed E-state index contributed by atoms with van der Waals surface area (Å²) >= 11 is 1.51. The number of aryl methyl sites for hydroxylation is 1. The van der Waals surface area contributed by atoms with Gasteiger partial charge in [0.25, 0.3) is 5.91 Å². The van der Waals surface area contributed by atoms with Crippen LogP contribution in [0.25, 0.3) is 0 Å². The number of carbonyl (C=O) groups excluding carboxylic acids is 1. The van der Waals surface area contributed by atoms with Crippen molar-refractivity contribution in [2.45, 2.75) is 40.0 Å². The number of amides is 1. The van der Waals surface area contributed by atoms with Crippen LogP contribution in [0.15, 0.2) is 0 Å². The smallest absolute Gasteiger partial charge is 0.263 e. The fourth-order valence-electron chi connectivity index (χ4n) is 2.60. The molecule has 1 atom stereocenters. The lowest BCUT2D eigenvalue weighted by atomic mass is 10.1. The fraction of sp³-hybridized carbons (Fsp3) is 0.733. The molecule has 20 heavy (non-hydrogen) atoms. The third kappa shape index (κ3) is 4.28. The van der Waals surface area contributed by atoms with E-state index in [2.05, 4.69) is 29.5 Å². The Labute approximate surface area is 125 Å². The van der Waals surface area contributed by atoms with Gasteiger partial charge in [0.15, 0.2) is 0 Å². The Bertz CT molecular complexity index is 450. The first kappa shape index (κ1) is 15.4. The van der Waals surface area contributed by atoms with Crippen molar-refractivity contribution in [2.24, 2.45) is 11.8 Å². The van der Waals surface area contributed by atoms with Crippen molar-refractivity contribution in [2.75, 3.05) is 19.6 Å². The van der Waals surface area contributed by atoms with Crippen LogP contribution in [0.4, 0.5) is 0 Å². The number of nitrogens with one attached hydrogen (secondary N) is 2. The van der Waals surface area contributed by atoms with E-state index in [-0.39, 0.29) is 5.91 Å². The van der Waals surface area contributed by atoms with Gasteiger partial charge in [-0.3, -0.25) is 4.79 Å². The van der Waals surface area contributed by atoms with Crippen LogP contribution in [0, 0.1) is 18.8 Å². The van der Waals surface area contributed by atoms with Gasteiger partial charge in [-0.1, -0.05) is 13.8 Å². The second-order valence-corrected chi connectivity index (χ2v) is 7.21. The first-order valence-electron chi connectivity index (χ1n) is 7.51. The highest BCUT2D eigenvalue weighted by atomic mass is 32.1. The minimum Gasteiger partial charge on any atom is -0.351 e. The first-order valence-corrected chi connectivity index (χ1v) is 8.33. The molecular formula is C15H25N3OS. The zero-order valence-corrected chi connectivity index (χ0v) is 13.5. The summed E-state index contributed by atoms with van der Waals surface area (Å²) in [5.74, 6) is 1.29. The topological polar surface area (TPSA) is 54.0 Å². The predicted molar refractivity (Wildman–Crippen MR) is 83.3 cm³/mol. The van der Waals surface area contributed by atoms with Crippen LogP contribution >= 0.6 is 11.3 Å². The van der Waals surface area contributed by atoms with Crippen molar-refractivity contribution in [1.82, 2.24) is 15.6 Å². The average molecular weight is 295 g/mol. The van der Waals surface area contributed by atoms with Crippen LogP contribution < -0.4 is 10.6 Å². The highest BCUT2D eigenvalue weighted by Crippen LogP contribution is 2.21. The Morgan fingerprint density at radius 1 is 1.55 bits per heavy atom. The molecular weight excluding hydrogens is 270 g/mol. The summed E-state index contributed by atoms with van der Waals surface area (Å²) in [7, 11) is 0. The normalized spacial score (nSPS) is 18.7. The van der Waals surface area contributed by atoms with Crippen LogP contribution in [0.2, 0.25) is 0 Å². The summed E-state index contributed by atoms with van der Waals surface area (Å²) in [6.07, 6.45) is 3.17. The minimum atomic E-state index is 0.0530. The summed E-state index contributed by atoms with van der Waals surface area (Å²) < 4.78 is 0. The summed E-state index contributed by atoms with van der Waals surface area (Å²) in [6, 6.07) is 0. The van der Waals surface area contributed by atoms with Gasteiger partial charge in [0.2, 0.25) is 0 Å². The highest BCUT2D eigenvalue weighted by Gasteiger charge is 2.18. The van der Waals surface area contributed by atoms with Gasteiger partial charge in [0.1, 0.15) is 4.88 Å². The maximum atomic E-state index is 12.3. The number of hydrogen-bond acceptors (Lipinski definition) is 4. The molecule has 0 bridgehead atoms. The fourth-order valence-corrected chi connectivity index (χ4v) is 3.47. The zero-order chi connectivity index (χ0) is 14.5. The van der Waals surface area contributed by atoms with Gasteiger partial charge in [0.05, 0.1) is 10.7 Å². The Hall–Kier alpha value is -0.940. The summed E-state index contributed by atoms with van der Waals surface area (Å²) in [5, 5.41) is 7.39. The van der Waals surface area contributed by atoms with Crippen LogP contribution in [-0.2, 0) is 6.42 Å². The highest BCUT2D eigenvalue weighted by molar-refractivity contribution is 7.13. The molecule has 4 nitrogen and oxygen atoms in total. The van der Waals surface area contributed by atoms with E-state index in [0.717, 1.165) is 48.1 Å². The van der Waals surface area contributed by atoms with E-state index < -0.39 is 0 Å². The molecule has 2 rings (SSSR count). The van der Waals surface area contributed by atoms with Crippen LogP contribution in [-0.4, -0.2) is 30.5 Å². The molecule has 0 radical (unpaired) electrons. The largest absolute Gasteiger partial charge is 0.351 e. The second-order valence-electron chi connectivity index (χ2n) is 6.01. The number of hydrogen-bond donors (Lipinski definition) is 2. The Kier molecular flexibility index (Phi) is 5.54. The molecule has 2 N–H and O–H groups in total. The van der Waals surface area contributed by atoms with Gasteiger partial charge in [-0.2, -0.15) is 0 Å². The van der Waals surface area contributed by atoms with Crippen molar-refractivity contribution < 1.29 is 4.79 Å². The molecule has 1 aromatic heterocycles. The SMILES string of the molecule is Cc1nc(CC(C)C)c(C(=O)NCCC2CCNC2)s1. The second kappa shape index (κ2) is 7.18. The third-order valence-corrected chi connectivity index (χ3v) is 4.62. The number of aromatic nitrogens is 1. The number of rotatable bonds is 6. The maximum Gasteiger partial charge on any atom is 0.263 e. The monoisotopic (exact) mass is 295 g/mol. The van der Waals surface area contributed by atoms with E-state index >= 15 is 0 Å². The molecule has 0 spiro atoms. The van der Waals surface area contributed by atoms with E-state index in [1.807, 2.05) is 6.92 Å². The number of nitrogens with zero attached hydrogens (tertiary/aromatic N) is 1. The maximum absolute atomic E-state index is 12.3. The summed E-state index contributed by atoms with van der Waals surface area (Å²) in [4.78, 5) is 17.6. The Morgan fingerprint density at radius 3 is 3.00 bits per heavy atom. The lowest BCUT2D eigenvalue weighted by molar-refractivity contribution is 0.0954. The van der Waals surface area contributed by atoms with E-state index in [9.17, 15) is 4.79 Å². The standard InChI is InChI=1S/C15H25N3OS/c1-10(2)8-13-14(20-11(3)18-13)15(19)17-7-5-12-4-6-16-9-12/h10,12,16H,4-9H2,1-3H3,(H,17,19). The van der Waals surface area contributed by atoms with E-state index in [0.29, 0.717) is 11.8 Å². The molecule has 0 aromatic carbocycles. The van der Waals surface area contributed by atoms with Gasteiger partial charge >= 0.3 is 0 Å². The molecule has 1 unspecified atom stereocenters. The van der Waals surface area contributed by atoms with Gasteiger partial charge in [-0.25, -0.2) is 4.98 Å². The predicted octanol–water partition coefficient (Wildman–Crippen LogP) is 2.38. The van der Waals surface area contributed by atoms with Crippen molar-refractivity contribution in [3.05, 3.63) is 15.6 Å². The molecule has 2 heterocycles. The molecule has 112 valence electrons. The van der Waals surface area contributed by atoms with E-state index in [1.165, 1.54) is 17.8 Å². The van der Waals surface area contributed by atoms with Crippen molar-refractivity contribution >= 4 is 17.2 Å². The van der Waals surface area contributed by atoms with E-state index in [1.54, 1.807) is 0 Å². The van der Waals surface area contributed by atoms with Gasteiger partial charge < -0.3 is 10.6 Å². The summed E-state index contributed by atoms with van der Waals surface area (Å²) in [5.41, 5.74) is 0.961. The molecule has 1 amide bonds. The van der Waals surface area contributed by atoms with E-state index in [4.69, 9.17) is 0 Å². The average Bonchev–Trinajstić information content (AvgIpc) is 2.98. The van der Waals surface area contributed by atoms with Gasteiger partial charge in [-0.15, -0.1) is 11.3 Å². The summed E-state index contributed by atoms with van der Waals surface area (Å²) in [6.45, 7) is 9.25. The molecule has 0 aliphatic carbocycles. The van der Waals surface area contributed by atoms with Crippen LogP contribution in [0.5, 0.6) is 0 Å². The Morgan fingerprint density at radius 2 is 2.35 bits per heavy atom. The number of carbonyl (C=O) groups is 1. The molecule has 1 aliphatic rings. The minimum absolute atomic E-state index is 0.0530. The van der Waals surface area contributed by atoms with Crippen molar-refractivity contribution in [1.29, 1.82) is 0 Å². The quantitative estimate of drug-likeness (QED) is 0.847. The molecule has 1 fully saturated rings. The van der Waals surface area contributed by atoms with Crippen molar-refractivity contribution in [3.8, 4) is 0 Å². The molecule has 1 aliphatic heterocycles. The molecule has 1 aromatic rings. The molecule has 0 saturated carbocycles. The number of thiazole rings is 1. The first-order chi connectivity index (χ1) is 9.56. The van der Waals surface area contributed by atoms with Gasteiger partial charge in [0, 0.05) is 6.54 Å². The molecule has 5 heteroatoms. The van der Waals surface area contributed by atoms with Gasteiger partial charge in [-0.05, 0) is 51.1 Å². The lowest BCUT2D eigenvalue weighted by Gasteiger charge is -2.09.